The van der Waals surface area contributed by atoms with Crippen LogP contribution in [0.25, 0.3) is 0 Å². The number of amides is 1. The third-order valence-electron chi connectivity index (χ3n) is 5.52. The molecule has 0 radical (unpaired) electrons. The highest BCUT2D eigenvalue weighted by molar-refractivity contribution is 5.68. The summed E-state index contributed by atoms with van der Waals surface area (Å²) >= 11 is 0. The molecule has 1 fully saturated rings. The van der Waals surface area contributed by atoms with E-state index in [1.54, 1.807) is 14.2 Å². The van der Waals surface area contributed by atoms with Crippen LogP contribution in [-0.4, -0.2) is 44.4 Å². The van der Waals surface area contributed by atoms with E-state index < -0.39 is 0 Å². The van der Waals surface area contributed by atoms with Gasteiger partial charge < -0.3 is 19.1 Å². The highest BCUT2D eigenvalue weighted by Gasteiger charge is 2.39. The van der Waals surface area contributed by atoms with Gasteiger partial charge in [0.1, 0.15) is 0 Å². The van der Waals surface area contributed by atoms with E-state index in [9.17, 15) is 4.79 Å². The number of fused-ring (bicyclic) bond motifs is 2. The fourth-order valence-electron chi connectivity index (χ4n) is 4.20. The number of piperidine rings is 1. The molecule has 0 bridgehead atoms. The summed E-state index contributed by atoms with van der Waals surface area (Å²) in [6.07, 6.45) is 5.78. The van der Waals surface area contributed by atoms with Gasteiger partial charge in [-0.25, -0.2) is 4.79 Å². The lowest BCUT2D eigenvalue weighted by Gasteiger charge is -2.44. The highest BCUT2D eigenvalue weighted by Crippen LogP contribution is 2.42. The molecule has 2 atom stereocenters. The topological polar surface area (TPSA) is 48.0 Å². The van der Waals surface area contributed by atoms with Crippen LogP contribution in [0.1, 0.15) is 43.7 Å². The molecule has 25 heavy (non-hydrogen) atoms. The number of carbonyl (C=O) groups excluding carboxylic acids is 1. The van der Waals surface area contributed by atoms with Gasteiger partial charge in [0, 0.05) is 18.2 Å². The predicted octanol–water partition coefficient (Wildman–Crippen LogP) is 3.82. The maximum absolute atomic E-state index is 12.5. The maximum Gasteiger partial charge on any atom is 0.410 e. The molecular formula is C20H29NO4. The standard InChI is InChI=1S/C20H29NO4/c1-4-5-11-25-20(22)21-10-6-7-15-12-16-14(13-17(15)21)8-9-18(23-2)19(16)24-3/h8-9,15,17H,4-7,10-13H2,1-3H3/t15-,17-/m0/s1. The molecule has 2 aliphatic rings. The van der Waals surface area contributed by atoms with Crippen LogP contribution < -0.4 is 9.47 Å². The summed E-state index contributed by atoms with van der Waals surface area (Å²) in [6.45, 7) is 3.42. The summed E-state index contributed by atoms with van der Waals surface area (Å²) in [5.74, 6) is 2.09. The lowest BCUT2D eigenvalue weighted by molar-refractivity contribution is 0.0488. The Morgan fingerprint density at radius 3 is 2.80 bits per heavy atom. The molecule has 5 heteroatoms. The number of rotatable bonds is 5. The van der Waals surface area contributed by atoms with E-state index in [4.69, 9.17) is 14.2 Å². The van der Waals surface area contributed by atoms with Gasteiger partial charge in [-0.2, -0.15) is 0 Å². The summed E-state index contributed by atoms with van der Waals surface area (Å²) < 4.78 is 16.5. The Morgan fingerprint density at radius 1 is 1.24 bits per heavy atom. The van der Waals surface area contributed by atoms with E-state index in [0.29, 0.717) is 12.5 Å². The van der Waals surface area contributed by atoms with Gasteiger partial charge in [0.05, 0.1) is 20.8 Å². The van der Waals surface area contributed by atoms with E-state index in [2.05, 4.69) is 13.0 Å². The molecule has 5 nitrogen and oxygen atoms in total. The predicted molar refractivity (Wildman–Crippen MR) is 96.4 cm³/mol. The van der Waals surface area contributed by atoms with Crippen LogP contribution in [-0.2, 0) is 17.6 Å². The van der Waals surface area contributed by atoms with Crippen LogP contribution in [0.15, 0.2) is 12.1 Å². The highest BCUT2D eigenvalue weighted by atomic mass is 16.6. The lowest BCUT2D eigenvalue weighted by atomic mass is 9.75. The third-order valence-corrected chi connectivity index (χ3v) is 5.52. The van der Waals surface area contributed by atoms with Crippen molar-refractivity contribution in [3.63, 3.8) is 0 Å². The number of unbranched alkanes of at least 4 members (excludes halogenated alkanes) is 1. The first kappa shape index (κ1) is 17.9. The van der Waals surface area contributed by atoms with E-state index in [1.165, 1.54) is 11.1 Å². The van der Waals surface area contributed by atoms with Crippen molar-refractivity contribution in [2.24, 2.45) is 5.92 Å². The van der Waals surface area contributed by atoms with Gasteiger partial charge in [-0.05, 0) is 49.7 Å². The average Bonchev–Trinajstić information content (AvgIpc) is 2.64. The quantitative estimate of drug-likeness (QED) is 0.760. The second kappa shape index (κ2) is 7.98. The Hall–Kier alpha value is -1.91. The van der Waals surface area contributed by atoms with Crippen LogP contribution >= 0.6 is 0 Å². The number of likely N-dealkylation sites (tertiary alicyclic amines) is 1. The molecule has 0 N–H and O–H groups in total. The van der Waals surface area contributed by atoms with Crippen molar-refractivity contribution >= 4 is 6.09 Å². The molecule has 3 rings (SSSR count). The molecular weight excluding hydrogens is 318 g/mol. The average molecular weight is 347 g/mol. The molecule has 1 amide bonds. The van der Waals surface area contributed by atoms with Crippen LogP contribution in [0, 0.1) is 5.92 Å². The molecule has 0 saturated carbocycles. The van der Waals surface area contributed by atoms with Crippen LogP contribution in [0.2, 0.25) is 0 Å². The third kappa shape index (κ3) is 3.55. The van der Waals surface area contributed by atoms with Gasteiger partial charge in [-0.1, -0.05) is 19.4 Å². The Labute approximate surface area is 150 Å². The van der Waals surface area contributed by atoms with Gasteiger partial charge in [-0.3, -0.25) is 0 Å². The minimum atomic E-state index is -0.146. The van der Waals surface area contributed by atoms with Crippen molar-refractivity contribution in [2.45, 2.75) is 51.5 Å². The Morgan fingerprint density at radius 2 is 2.08 bits per heavy atom. The molecule has 0 unspecified atom stereocenters. The summed E-state index contributed by atoms with van der Waals surface area (Å²) in [5.41, 5.74) is 2.50. The Bertz CT molecular complexity index is 616. The number of nitrogens with zero attached hydrogens (tertiary/aromatic N) is 1. The van der Waals surface area contributed by atoms with E-state index >= 15 is 0 Å². The normalized spacial score (nSPS) is 22.0. The van der Waals surface area contributed by atoms with Crippen LogP contribution in [0.4, 0.5) is 4.79 Å². The van der Waals surface area contributed by atoms with Crippen molar-refractivity contribution in [1.82, 2.24) is 4.90 Å². The molecule has 1 aromatic rings. The first-order chi connectivity index (χ1) is 12.2. The molecule has 0 aromatic heterocycles. The lowest BCUT2D eigenvalue weighted by Crippen LogP contribution is -2.52. The van der Waals surface area contributed by atoms with Crippen molar-refractivity contribution in [3.05, 3.63) is 23.3 Å². The van der Waals surface area contributed by atoms with Crippen LogP contribution in [0.5, 0.6) is 11.5 Å². The monoisotopic (exact) mass is 347 g/mol. The van der Waals surface area contributed by atoms with Gasteiger partial charge in [-0.15, -0.1) is 0 Å². The summed E-state index contributed by atoms with van der Waals surface area (Å²) in [5, 5.41) is 0. The number of ether oxygens (including phenoxy) is 3. The molecule has 1 aromatic carbocycles. The van der Waals surface area contributed by atoms with Crippen molar-refractivity contribution < 1.29 is 19.0 Å². The number of methoxy groups -OCH3 is 2. The summed E-state index contributed by atoms with van der Waals surface area (Å²) in [6, 6.07) is 4.31. The van der Waals surface area contributed by atoms with E-state index in [0.717, 1.165) is 56.6 Å². The molecule has 1 aliphatic heterocycles. The minimum Gasteiger partial charge on any atom is -0.493 e. The van der Waals surface area contributed by atoms with Gasteiger partial charge in [0.25, 0.3) is 0 Å². The number of hydrogen-bond donors (Lipinski definition) is 0. The zero-order chi connectivity index (χ0) is 17.8. The first-order valence-corrected chi connectivity index (χ1v) is 9.35. The van der Waals surface area contributed by atoms with Crippen molar-refractivity contribution in [2.75, 3.05) is 27.4 Å². The summed E-state index contributed by atoms with van der Waals surface area (Å²) in [7, 11) is 3.37. The van der Waals surface area contributed by atoms with Crippen molar-refractivity contribution in [1.29, 1.82) is 0 Å². The van der Waals surface area contributed by atoms with E-state index in [1.807, 2.05) is 11.0 Å². The van der Waals surface area contributed by atoms with Gasteiger partial charge in [0.15, 0.2) is 11.5 Å². The Balaban J connectivity index is 1.80. The number of hydrogen-bond acceptors (Lipinski definition) is 4. The minimum absolute atomic E-state index is 0.146. The van der Waals surface area contributed by atoms with E-state index in [-0.39, 0.29) is 12.1 Å². The fraction of sp³-hybridized carbons (Fsp3) is 0.650. The second-order valence-corrected chi connectivity index (χ2v) is 6.98. The SMILES string of the molecule is CCCCOC(=O)N1CCC[C@H]2Cc3c(ccc(OC)c3OC)C[C@@H]21. The number of carbonyl (C=O) groups is 1. The second-order valence-electron chi connectivity index (χ2n) is 6.98. The van der Waals surface area contributed by atoms with Gasteiger partial charge >= 0.3 is 6.09 Å². The fourth-order valence-corrected chi connectivity index (χ4v) is 4.20. The first-order valence-electron chi connectivity index (χ1n) is 9.35. The van der Waals surface area contributed by atoms with Gasteiger partial charge in [0.2, 0.25) is 0 Å². The molecule has 1 aliphatic carbocycles. The van der Waals surface area contributed by atoms with Crippen molar-refractivity contribution in [3.8, 4) is 11.5 Å². The zero-order valence-electron chi connectivity index (χ0n) is 15.5. The maximum atomic E-state index is 12.5. The largest absolute Gasteiger partial charge is 0.493 e. The Kier molecular flexibility index (Phi) is 5.71. The molecule has 1 heterocycles. The molecule has 1 saturated heterocycles. The molecule has 0 spiro atoms. The zero-order valence-corrected chi connectivity index (χ0v) is 15.5. The molecule has 138 valence electrons. The smallest absolute Gasteiger partial charge is 0.410 e. The number of benzene rings is 1. The summed E-state index contributed by atoms with van der Waals surface area (Å²) in [4.78, 5) is 14.5. The van der Waals surface area contributed by atoms with Crippen LogP contribution in [0.3, 0.4) is 0 Å².